The molecule has 0 fully saturated rings. The Morgan fingerprint density at radius 3 is 2.32 bits per heavy atom. The number of aliphatic hydroxyl groups excluding tert-OH is 1. The molecule has 0 spiro atoms. The van der Waals surface area contributed by atoms with Gasteiger partial charge in [0.05, 0.1) is 31.0 Å². The Balaban J connectivity index is 0.000000299. The van der Waals surface area contributed by atoms with E-state index in [2.05, 4.69) is 67.4 Å². The minimum atomic E-state index is 0. The van der Waals surface area contributed by atoms with Gasteiger partial charge in [-0.05, 0) is 28.5 Å². The van der Waals surface area contributed by atoms with Gasteiger partial charge in [-0.3, -0.25) is 4.79 Å². The molecule has 31 heavy (non-hydrogen) atoms. The first kappa shape index (κ1) is 22.5. The Morgan fingerprint density at radius 1 is 1.03 bits per heavy atom. The van der Waals surface area contributed by atoms with E-state index in [-0.39, 0.29) is 31.6 Å². The van der Waals surface area contributed by atoms with E-state index in [4.69, 9.17) is 9.90 Å². The summed E-state index contributed by atoms with van der Waals surface area (Å²) in [6, 6.07) is 22.1. The Kier molecular flexibility index (Phi) is 6.74. The number of allylic oxidation sites excluding steroid dienone is 4. The molecule has 1 heterocycles. The molecule has 0 saturated carbocycles. The Bertz CT molecular complexity index is 1300. The van der Waals surface area contributed by atoms with Gasteiger partial charge in [0, 0.05) is 26.8 Å². The first-order chi connectivity index (χ1) is 14.4. The van der Waals surface area contributed by atoms with Crippen LogP contribution < -0.4 is 0 Å². The molecule has 0 atom stereocenters. The largest absolute Gasteiger partial charge is 0.512 e. The fraction of sp³-hybridized carbons (Fsp3) is 0.0741. The second kappa shape index (κ2) is 9.30. The van der Waals surface area contributed by atoms with Crippen molar-refractivity contribution in [3.63, 3.8) is 0 Å². The van der Waals surface area contributed by atoms with Crippen molar-refractivity contribution >= 4 is 44.8 Å². The molecule has 4 heteroatoms. The molecule has 2 N–H and O–H groups in total. The normalized spacial score (nSPS) is 13.4. The molecule has 3 nitrogen and oxygen atoms in total. The summed E-state index contributed by atoms with van der Waals surface area (Å²) in [6.45, 7) is 7.07. The number of benzene rings is 4. The minimum absolute atomic E-state index is 0. The summed E-state index contributed by atoms with van der Waals surface area (Å²) in [4.78, 5) is 8.40. The van der Waals surface area contributed by atoms with Gasteiger partial charge in [0.2, 0.25) is 0 Å². The van der Waals surface area contributed by atoms with Crippen LogP contribution in [0.4, 0.5) is 0 Å². The molecule has 4 aromatic carbocycles. The van der Waals surface area contributed by atoms with Crippen molar-refractivity contribution in [1.82, 2.24) is 0 Å². The van der Waals surface area contributed by atoms with Gasteiger partial charge in [-0.25, -0.2) is 0 Å². The molecule has 0 saturated heterocycles. The predicted octanol–water partition coefficient (Wildman–Crippen LogP) is 6.07. The van der Waals surface area contributed by atoms with E-state index in [0.717, 1.165) is 17.0 Å². The standard InChI is InChI=1S/C22H14N.C5H8O2.Ir/c1-23-12-3-2-7-20(23)19-13-17-10-8-15-5-4-6-16-9-11-18(14-19)22(17)21(15)16;1-4(6)3-5(2)7;/h2-13H,1H2;3,6H,1-2H3;/q-1;;/p+1/b;4-3-;. The van der Waals surface area contributed by atoms with Gasteiger partial charge in [0.15, 0.2) is 0 Å². The quantitative estimate of drug-likeness (QED) is 0.0762. The third kappa shape index (κ3) is 4.61. The molecule has 1 aliphatic rings. The molecule has 1 radical (unpaired) electrons. The van der Waals surface area contributed by atoms with Gasteiger partial charge >= 0.3 is 5.78 Å². The van der Waals surface area contributed by atoms with E-state index in [1.807, 2.05) is 22.9 Å². The van der Waals surface area contributed by atoms with Crippen LogP contribution in [0.5, 0.6) is 0 Å². The fourth-order valence-corrected chi connectivity index (χ4v) is 3.83. The summed E-state index contributed by atoms with van der Waals surface area (Å²) in [5.74, 6) is 0.250. The molecule has 4 aromatic rings. The fourth-order valence-electron chi connectivity index (χ4n) is 3.83. The maximum absolute atomic E-state index is 8.40. The molecule has 0 aromatic heterocycles. The number of carbonyl (C=O) groups excluding carboxylic acids is 1. The number of hydrogen-bond acceptors (Lipinski definition) is 1. The molecular weight excluding hydrogens is 563 g/mol. The first-order valence-corrected chi connectivity index (χ1v) is 9.75. The molecular formula is C27H23IrNO2. The van der Waals surface area contributed by atoms with Gasteiger partial charge in [-0.1, -0.05) is 53.2 Å². The topological polar surface area (TPSA) is 44.6 Å². The summed E-state index contributed by atoms with van der Waals surface area (Å²) in [5, 5.41) is 16.0. The third-order valence-corrected chi connectivity index (χ3v) is 5.01. The van der Waals surface area contributed by atoms with E-state index in [1.54, 1.807) is 0 Å². The van der Waals surface area contributed by atoms with Crippen LogP contribution in [-0.2, 0) is 20.1 Å². The van der Waals surface area contributed by atoms with Crippen LogP contribution in [0.3, 0.4) is 0 Å². The van der Waals surface area contributed by atoms with Crippen LogP contribution in [0.15, 0.2) is 84.8 Å². The van der Waals surface area contributed by atoms with Crippen LogP contribution in [0, 0.1) is 12.1 Å². The van der Waals surface area contributed by atoms with Crippen molar-refractivity contribution in [3.05, 3.63) is 102 Å². The maximum atomic E-state index is 8.40. The summed E-state index contributed by atoms with van der Waals surface area (Å²) in [6.07, 6.45) is 9.35. The molecule has 0 aliphatic carbocycles. The van der Waals surface area contributed by atoms with Crippen LogP contribution in [0.25, 0.3) is 32.3 Å². The van der Waals surface area contributed by atoms with Crippen molar-refractivity contribution in [2.45, 2.75) is 13.8 Å². The zero-order valence-electron chi connectivity index (χ0n) is 17.4. The van der Waals surface area contributed by atoms with Gasteiger partial charge in [-0.15, -0.1) is 23.8 Å². The second-order valence-electron chi connectivity index (χ2n) is 7.39. The SMILES string of the molecule is C=[N+]1C=CC=C[C-]1c1[c-]c2ccc3cccc4ccc(c1)c2c34.CC(=[OH+])/C=C(/C)O.[Ir]. The molecule has 1 aliphatic heterocycles. The van der Waals surface area contributed by atoms with Crippen LogP contribution in [0.2, 0.25) is 0 Å². The summed E-state index contributed by atoms with van der Waals surface area (Å²) < 4.78 is 1.89. The number of rotatable bonds is 2. The molecule has 0 bridgehead atoms. The summed E-state index contributed by atoms with van der Waals surface area (Å²) >= 11 is 0. The van der Waals surface area contributed by atoms with Crippen molar-refractivity contribution in [2.75, 3.05) is 0 Å². The molecule has 157 valence electrons. The van der Waals surface area contributed by atoms with E-state index in [1.165, 1.54) is 46.9 Å². The molecule has 0 amide bonds. The van der Waals surface area contributed by atoms with Crippen molar-refractivity contribution in [3.8, 4) is 0 Å². The number of nitrogens with zero attached hydrogens (tertiary/aromatic N) is 1. The van der Waals surface area contributed by atoms with E-state index in [0.29, 0.717) is 0 Å². The average Bonchev–Trinajstić information content (AvgIpc) is 2.71. The number of aliphatic hydroxyl groups is 1. The van der Waals surface area contributed by atoms with Gasteiger partial charge in [0.1, 0.15) is 0 Å². The Hall–Kier alpha value is -3.20. The predicted molar refractivity (Wildman–Crippen MR) is 126 cm³/mol. The van der Waals surface area contributed by atoms with Gasteiger partial charge in [0.25, 0.3) is 0 Å². The zero-order chi connectivity index (χ0) is 21.3. The third-order valence-electron chi connectivity index (χ3n) is 5.01. The van der Waals surface area contributed by atoms with Crippen LogP contribution >= 0.6 is 0 Å². The first-order valence-electron chi connectivity index (χ1n) is 9.75. The molecule has 0 unspecified atom stereocenters. The zero-order valence-corrected chi connectivity index (χ0v) is 19.8. The van der Waals surface area contributed by atoms with E-state index < -0.39 is 0 Å². The Labute approximate surface area is 195 Å². The summed E-state index contributed by atoms with van der Waals surface area (Å²) in [7, 11) is 0. The smallest absolute Gasteiger partial charge is 0.316 e. The maximum Gasteiger partial charge on any atom is 0.316 e. The van der Waals surface area contributed by atoms with Crippen LogP contribution in [0.1, 0.15) is 19.4 Å². The van der Waals surface area contributed by atoms with Crippen molar-refractivity contribution in [1.29, 1.82) is 0 Å². The second-order valence-corrected chi connectivity index (χ2v) is 7.39. The van der Waals surface area contributed by atoms with Crippen LogP contribution in [-0.4, -0.2) is 27.0 Å². The average molecular weight is 586 g/mol. The van der Waals surface area contributed by atoms with Gasteiger partial charge in [-0.2, -0.15) is 12.1 Å². The molecule has 5 rings (SSSR count). The number of ketones is 1. The van der Waals surface area contributed by atoms with Crippen molar-refractivity contribution in [2.24, 2.45) is 0 Å². The number of hydrogen-bond donors (Lipinski definition) is 1. The Morgan fingerprint density at radius 2 is 1.71 bits per heavy atom. The minimum Gasteiger partial charge on any atom is -0.512 e. The summed E-state index contributed by atoms with van der Waals surface area (Å²) in [5.41, 5.74) is 1.08. The van der Waals surface area contributed by atoms with Gasteiger partial charge < -0.3 is 9.68 Å². The monoisotopic (exact) mass is 586 g/mol. The van der Waals surface area contributed by atoms with E-state index in [9.17, 15) is 0 Å². The van der Waals surface area contributed by atoms with Crippen molar-refractivity contribution < 1.29 is 34.6 Å². The van der Waals surface area contributed by atoms with E-state index >= 15 is 0 Å².